The van der Waals surface area contributed by atoms with Gasteiger partial charge in [0.25, 0.3) is 0 Å². The van der Waals surface area contributed by atoms with Gasteiger partial charge in [-0.15, -0.1) is 0 Å². The van der Waals surface area contributed by atoms with Crippen molar-refractivity contribution in [2.75, 3.05) is 12.3 Å². The monoisotopic (exact) mass is 259 g/mol. The van der Waals surface area contributed by atoms with Gasteiger partial charge < -0.3 is 20.1 Å². The molecule has 2 rings (SSSR count). The fraction of sp³-hybridized carbons (Fsp3) is 0.556. The maximum Gasteiger partial charge on any atom is 0.351 e. The molecule has 1 aromatic heterocycles. The van der Waals surface area contributed by atoms with Gasteiger partial charge >= 0.3 is 5.69 Å². The van der Waals surface area contributed by atoms with Crippen molar-refractivity contribution in [2.45, 2.75) is 24.9 Å². The fourth-order valence-corrected chi connectivity index (χ4v) is 1.97. The van der Waals surface area contributed by atoms with Crippen LogP contribution in [0.25, 0.3) is 0 Å². The van der Waals surface area contributed by atoms with Crippen molar-refractivity contribution in [3.05, 3.63) is 22.7 Å². The van der Waals surface area contributed by atoms with E-state index in [2.05, 4.69) is 14.5 Å². The molecule has 7 nitrogen and oxygen atoms in total. The molecule has 0 amide bonds. The van der Waals surface area contributed by atoms with E-state index >= 15 is 0 Å². The highest BCUT2D eigenvalue weighted by Crippen LogP contribution is 2.28. The Morgan fingerprint density at radius 1 is 1.76 bits per heavy atom. The Balaban J connectivity index is 2.17. The van der Waals surface area contributed by atoms with Crippen molar-refractivity contribution < 1.29 is 14.4 Å². The van der Waals surface area contributed by atoms with E-state index in [0.29, 0.717) is 6.42 Å². The predicted octanol–water partition coefficient (Wildman–Crippen LogP) is -0.719. The number of nitrogen functional groups attached to an aromatic ring is 1. The molecule has 0 spiro atoms. The second-order valence-electron chi connectivity index (χ2n) is 3.81. The number of ether oxygens (including phenoxy) is 1. The lowest BCUT2D eigenvalue weighted by Gasteiger charge is -2.14. The topological polar surface area (TPSA) is 99.6 Å². The Kier molecular flexibility index (Phi) is 3.73. The maximum atomic E-state index is 11.6. The number of hydrogen-bond acceptors (Lipinski definition) is 6. The molecular weight excluding hydrogens is 245 g/mol. The van der Waals surface area contributed by atoms with Crippen molar-refractivity contribution in [1.82, 2.24) is 9.55 Å². The van der Waals surface area contributed by atoms with Gasteiger partial charge in [0.1, 0.15) is 18.1 Å². The summed E-state index contributed by atoms with van der Waals surface area (Å²) in [5, 5.41) is 9.72. The number of anilines is 1. The Labute approximate surface area is 99.8 Å². The third-order valence-electron chi connectivity index (χ3n) is 2.63. The molecule has 1 aliphatic heterocycles. The molecule has 4 atom stereocenters. The first-order valence-electron chi connectivity index (χ1n) is 5.11. The molecule has 1 saturated heterocycles. The first kappa shape index (κ1) is 12.4. The highest BCUT2D eigenvalue weighted by molar-refractivity contribution is 7.09. The quantitative estimate of drug-likeness (QED) is 0.695. The average Bonchev–Trinajstić information content (AvgIpc) is 2.60. The number of aromatic nitrogens is 2. The summed E-state index contributed by atoms with van der Waals surface area (Å²) < 4.78 is 11.7. The van der Waals surface area contributed by atoms with Gasteiger partial charge in [-0.25, -0.2) is 4.79 Å². The van der Waals surface area contributed by atoms with Crippen LogP contribution in [0.15, 0.2) is 17.1 Å². The van der Waals surface area contributed by atoms with Crippen molar-refractivity contribution in [1.29, 1.82) is 0 Å². The lowest BCUT2D eigenvalue weighted by atomic mass is 10.2. The molecule has 3 N–H and O–H groups in total. The minimum Gasteiger partial charge on any atom is -0.390 e. The average molecular weight is 259 g/mol. The molecule has 94 valence electrons. The van der Waals surface area contributed by atoms with Crippen LogP contribution in [0.1, 0.15) is 12.6 Å². The van der Waals surface area contributed by atoms with Crippen LogP contribution in [-0.2, 0) is 9.26 Å². The number of rotatable bonds is 3. The van der Waals surface area contributed by atoms with Crippen LogP contribution in [-0.4, -0.2) is 33.5 Å². The molecule has 1 aromatic rings. The van der Waals surface area contributed by atoms with Gasteiger partial charge in [-0.3, -0.25) is 4.57 Å². The minimum atomic E-state index is -0.662. The lowest BCUT2D eigenvalue weighted by molar-refractivity contribution is -0.0381. The molecule has 8 heteroatoms. The molecule has 0 saturated carbocycles. The van der Waals surface area contributed by atoms with E-state index in [9.17, 15) is 9.90 Å². The molecule has 2 heterocycles. The van der Waals surface area contributed by atoms with Crippen LogP contribution in [0.3, 0.4) is 0 Å². The molecule has 0 bridgehead atoms. The first-order chi connectivity index (χ1) is 8.11. The zero-order valence-electron chi connectivity index (χ0n) is 9.02. The SMILES string of the molecule is Nc1ccn([C@H]2CC(O)[C@@H](COP)O2)c(=O)n1. The number of aliphatic hydroxyl groups is 1. The van der Waals surface area contributed by atoms with E-state index in [1.807, 2.05) is 0 Å². The lowest BCUT2D eigenvalue weighted by Crippen LogP contribution is -2.28. The number of hydrogen-bond donors (Lipinski definition) is 2. The Hall–Kier alpha value is -1.01. The van der Waals surface area contributed by atoms with Gasteiger partial charge in [0.05, 0.1) is 12.7 Å². The Morgan fingerprint density at radius 3 is 3.18 bits per heavy atom. The van der Waals surface area contributed by atoms with Crippen LogP contribution in [0.4, 0.5) is 5.82 Å². The molecule has 1 fully saturated rings. The van der Waals surface area contributed by atoms with E-state index < -0.39 is 24.1 Å². The third kappa shape index (κ3) is 2.63. The van der Waals surface area contributed by atoms with Crippen molar-refractivity contribution in [3.63, 3.8) is 0 Å². The summed E-state index contributed by atoms with van der Waals surface area (Å²) in [7, 11) is 2.09. The van der Waals surface area contributed by atoms with Gasteiger partial charge in [-0.1, -0.05) is 0 Å². The molecule has 1 aliphatic rings. The highest BCUT2D eigenvalue weighted by Gasteiger charge is 2.35. The minimum absolute atomic E-state index is 0.162. The second kappa shape index (κ2) is 5.10. The zero-order valence-corrected chi connectivity index (χ0v) is 10.2. The summed E-state index contributed by atoms with van der Waals surface area (Å²) in [6.45, 7) is 0.249. The smallest absolute Gasteiger partial charge is 0.351 e. The van der Waals surface area contributed by atoms with Gasteiger partial charge in [-0.2, -0.15) is 4.98 Å². The summed E-state index contributed by atoms with van der Waals surface area (Å²) in [4.78, 5) is 15.2. The molecule has 0 radical (unpaired) electrons. The van der Waals surface area contributed by atoms with Gasteiger partial charge in [-0.05, 0) is 6.07 Å². The molecule has 0 aliphatic carbocycles. The van der Waals surface area contributed by atoms with Crippen LogP contribution in [0, 0.1) is 0 Å². The van der Waals surface area contributed by atoms with Crippen LogP contribution in [0.2, 0.25) is 0 Å². The first-order valence-corrected chi connectivity index (χ1v) is 5.59. The summed E-state index contributed by atoms with van der Waals surface area (Å²) >= 11 is 0. The van der Waals surface area contributed by atoms with Crippen LogP contribution in [0.5, 0.6) is 0 Å². The molecule has 2 unspecified atom stereocenters. The summed E-state index contributed by atoms with van der Waals surface area (Å²) in [5.41, 5.74) is 4.90. The van der Waals surface area contributed by atoms with Gasteiger partial charge in [0.15, 0.2) is 0 Å². The van der Waals surface area contributed by atoms with Crippen molar-refractivity contribution in [2.24, 2.45) is 0 Å². The van der Waals surface area contributed by atoms with Gasteiger partial charge in [0.2, 0.25) is 0 Å². The Bertz CT molecular complexity index is 452. The normalized spacial score (nSPS) is 28.5. The summed E-state index contributed by atoms with van der Waals surface area (Å²) in [5.74, 6) is 0.162. The highest BCUT2D eigenvalue weighted by atomic mass is 31.0. The number of nitrogens with two attached hydrogens (primary N) is 1. The van der Waals surface area contributed by atoms with Crippen molar-refractivity contribution in [3.8, 4) is 0 Å². The number of nitrogens with zero attached hydrogens (tertiary/aromatic N) is 2. The van der Waals surface area contributed by atoms with Crippen LogP contribution >= 0.6 is 9.47 Å². The molecule has 17 heavy (non-hydrogen) atoms. The maximum absolute atomic E-state index is 11.6. The second-order valence-corrected chi connectivity index (χ2v) is 4.14. The van der Waals surface area contributed by atoms with E-state index in [4.69, 9.17) is 15.0 Å². The summed E-state index contributed by atoms with van der Waals surface area (Å²) in [6.07, 6.45) is 0.193. The standard InChI is InChI=1S/C9H14N3O4P/c10-7-1-2-12(9(14)11-7)8-3-5(13)6(16-8)4-15-17/h1-2,5-6,8,13H,3-4,17H2,(H2,10,11,14)/t5?,6-,8-/m1/s1. The fourth-order valence-electron chi connectivity index (χ4n) is 1.78. The third-order valence-corrected chi connectivity index (χ3v) is 2.82. The van der Waals surface area contributed by atoms with Crippen LogP contribution < -0.4 is 11.4 Å². The Morgan fingerprint density at radius 2 is 2.53 bits per heavy atom. The van der Waals surface area contributed by atoms with E-state index in [1.54, 1.807) is 0 Å². The van der Waals surface area contributed by atoms with E-state index in [-0.39, 0.29) is 12.4 Å². The number of aliphatic hydroxyl groups excluding tert-OH is 1. The summed E-state index contributed by atoms with van der Waals surface area (Å²) in [6, 6.07) is 1.51. The zero-order chi connectivity index (χ0) is 12.4. The molecular formula is C9H14N3O4P. The van der Waals surface area contributed by atoms with Crippen molar-refractivity contribution >= 4 is 15.3 Å². The van der Waals surface area contributed by atoms with E-state index in [0.717, 1.165) is 0 Å². The predicted molar refractivity (Wildman–Crippen MR) is 63.1 cm³/mol. The largest absolute Gasteiger partial charge is 0.390 e. The van der Waals surface area contributed by atoms with Gasteiger partial charge in [0, 0.05) is 22.1 Å². The van der Waals surface area contributed by atoms with E-state index in [1.165, 1.54) is 16.8 Å². The molecule has 0 aromatic carbocycles.